The second-order valence-electron chi connectivity index (χ2n) is 5.22. The van der Waals surface area contributed by atoms with Crippen LogP contribution in [0.15, 0.2) is 30.5 Å². The van der Waals surface area contributed by atoms with Gasteiger partial charge in [-0.2, -0.15) is 5.10 Å². The van der Waals surface area contributed by atoms with Gasteiger partial charge in [-0.3, -0.25) is 4.79 Å². The molecule has 0 atom stereocenters. The zero-order valence-electron chi connectivity index (χ0n) is 10.6. The monoisotopic (exact) mass is 262 g/mol. The molecular formula is C14H15ClN2O. The summed E-state index contributed by atoms with van der Waals surface area (Å²) in [6.07, 6.45) is 2.59. The van der Waals surface area contributed by atoms with E-state index in [-0.39, 0.29) is 5.41 Å². The third-order valence-electron chi connectivity index (χ3n) is 2.67. The molecule has 0 spiro atoms. The molecule has 0 saturated carbocycles. The third kappa shape index (κ3) is 2.46. The van der Waals surface area contributed by atoms with E-state index in [9.17, 15) is 4.79 Å². The number of benzene rings is 1. The van der Waals surface area contributed by atoms with E-state index in [1.807, 2.05) is 32.9 Å². The van der Waals surface area contributed by atoms with Crippen LogP contribution in [0.1, 0.15) is 36.8 Å². The lowest BCUT2D eigenvalue weighted by atomic mass is 9.90. The molecule has 0 radical (unpaired) electrons. The number of aldehydes is 1. The largest absolute Gasteiger partial charge is 0.298 e. The lowest BCUT2D eigenvalue weighted by Gasteiger charge is -2.15. The highest BCUT2D eigenvalue weighted by atomic mass is 35.5. The van der Waals surface area contributed by atoms with Crippen LogP contribution in [0.3, 0.4) is 0 Å². The van der Waals surface area contributed by atoms with E-state index in [4.69, 9.17) is 11.6 Å². The van der Waals surface area contributed by atoms with Crippen LogP contribution in [0, 0.1) is 0 Å². The van der Waals surface area contributed by atoms with Crippen molar-refractivity contribution in [3.05, 3.63) is 46.7 Å². The summed E-state index contributed by atoms with van der Waals surface area (Å²) in [5.41, 5.74) is 2.15. The molecule has 0 unspecified atom stereocenters. The molecule has 0 amide bonds. The van der Waals surface area contributed by atoms with Crippen molar-refractivity contribution in [2.24, 2.45) is 0 Å². The molecule has 0 saturated heterocycles. The van der Waals surface area contributed by atoms with Crippen LogP contribution in [0.5, 0.6) is 0 Å². The molecule has 0 aliphatic rings. The van der Waals surface area contributed by atoms with Crippen molar-refractivity contribution in [2.75, 3.05) is 0 Å². The lowest BCUT2D eigenvalue weighted by molar-refractivity contribution is 0.112. The average molecular weight is 263 g/mol. The maximum absolute atomic E-state index is 11.1. The van der Waals surface area contributed by atoms with Gasteiger partial charge in [0, 0.05) is 16.6 Å². The van der Waals surface area contributed by atoms with E-state index in [1.165, 1.54) is 0 Å². The summed E-state index contributed by atoms with van der Waals surface area (Å²) in [4.78, 5) is 11.1. The lowest BCUT2D eigenvalue weighted by Crippen LogP contribution is -2.14. The summed E-state index contributed by atoms with van der Waals surface area (Å²) in [5, 5.41) is 5.17. The van der Waals surface area contributed by atoms with Gasteiger partial charge in [0.1, 0.15) is 0 Å². The zero-order chi connectivity index (χ0) is 13.3. The Bertz CT molecular complexity index is 564. The van der Waals surface area contributed by atoms with Gasteiger partial charge >= 0.3 is 0 Å². The molecule has 0 fully saturated rings. The number of aromatic nitrogens is 2. The third-order valence-corrected chi connectivity index (χ3v) is 2.92. The van der Waals surface area contributed by atoms with E-state index in [0.29, 0.717) is 10.6 Å². The second-order valence-corrected chi connectivity index (χ2v) is 5.66. The van der Waals surface area contributed by atoms with E-state index in [1.54, 1.807) is 23.0 Å². The first kappa shape index (κ1) is 12.8. The van der Waals surface area contributed by atoms with Gasteiger partial charge in [-0.05, 0) is 24.3 Å². The van der Waals surface area contributed by atoms with Crippen LogP contribution in [-0.4, -0.2) is 16.1 Å². The summed E-state index contributed by atoms with van der Waals surface area (Å²) in [5.74, 6) is 0. The van der Waals surface area contributed by atoms with Gasteiger partial charge in [-0.25, -0.2) is 4.68 Å². The molecular weight excluding hydrogens is 248 g/mol. The first-order valence-corrected chi connectivity index (χ1v) is 6.11. The molecule has 18 heavy (non-hydrogen) atoms. The Morgan fingerprint density at radius 1 is 1.22 bits per heavy atom. The molecule has 2 aromatic rings. The van der Waals surface area contributed by atoms with Gasteiger partial charge < -0.3 is 0 Å². The number of nitrogens with zero attached hydrogens (tertiary/aromatic N) is 2. The Labute approximate surface area is 111 Å². The summed E-state index contributed by atoms with van der Waals surface area (Å²) in [7, 11) is 0. The molecule has 4 heteroatoms. The number of hydrogen-bond acceptors (Lipinski definition) is 2. The van der Waals surface area contributed by atoms with Crippen molar-refractivity contribution in [2.45, 2.75) is 26.2 Å². The first-order chi connectivity index (χ1) is 8.41. The topological polar surface area (TPSA) is 34.9 Å². The van der Waals surface area contributed by atoms with Gasteiger partial charge in [0.15, 0.2) is 6.29 Å². The number of hydrogen-bond donors (Lipinski definition) is 0. The summed E-state index contributed by atoms with van der Waals surface area (Å²) < 4.78 is 1.71. The predicted molar refractivity (Wildman–Crippen MR) is 72.7 cm³/mol. The molecule has 0 aliphatic carbocycles. The fourth-order valence-electron chi connectivity index (χ4n) is 1.78. The van der Waals surface area contributed by atoms with E-state index < -0.39 is 0 Å². The van der Waals surface area contributed by atoms with E-state index >= 15 is 0 Å². The summed E-state index contributed by atoms with van der Waals surface area (Å²) in [6, 6.07) is 7.35. The predicted octanol–water partition coefficient (Wildman–Crippen LogP) is 3.64. The molecule has 1 aromatic heterocycles. The number of rotatable bonds is 2. The van der Waals surface area contributed by atoms with Gasteiger partial charge in [-0.15, -0.1) is 0 Å². The molecule has 0 aliphatic heterocycles. The van der Waals surface area contributed by atoms with Crippen molar-refractivity contribution in [3.8, 4) is 5.69 Å². The standard InChI is InChI=1S/C14H15ClN2O/c1-14(2,3)13-10(9-18)8-17(16-13)12-6-4-11(15)5-7-12/h4-9H,1-3H3. The fraction of sp³-hybridized carbons (Fsp3) is 0.286. The molecule has 1 aromatic carbocycles. The Balaban J connectivity index is 2.50. The first-order valence-electron chi connectivity index (χ1n) is 5.73. The minimum atomic E-state index is -0.159. The minimum absolute atomic E-state index is 0.159. The van der Waals surface area contributed by atoms with Crippen LogP contribution >= 0.6 is 11.6 Å². The second kappa shape index (κ2) is 4.58. The smallest absolute Gasteiger partial charge is 0.153 e. The Kier molecular flexibility index (Phi) is 3.26. The molecule has 2 rings (SSSR count). The maximum Gasteiger partial charge on any atom is 0.153 e. The number of halogens is 1. The van der Waals surface area contributed by atoms with Crippen LogP contribution in [-0.2, 0) is 5.41 Å². The van der Waals surface area contributed by atoms with Crippen LogP contribution < -0.4 is 0 Å². The summed E-state index contributed by atoms with van der Waals surface area (Å²) in [6.45, 7) is 6.11. The zero-order valence-corrected chi connectivity index (χ0v) is 11.4. The van der Waals surface area contributed by atoms with Crippen molar-refractivity contribution in [1.29, 1.82) is 0 Å². The SMILES string of the molecule is CC(C)(C)c1nn(-c2ccc(Cl)cc2)cc1C=O. The van der Waals surface area contributed by atoms with E-state index in [0.717, 1.165) is 17.7 Å². The van der Waals surface area contributed by atoms with Crippen LogP contribution in [0.25, 0.3) is 5.69 Å². The van der Waals surface area contributed by atoms with Gasteiger partial charge in [0.05, 0.1) is 16.9 Å². The van der Waals surface area contributed by atoms with Crippen molar-refractivity contribution in [1.82, 2.24) is 9.78 Å². The highest BCUT2D eigenvalue weighted by Crippen LogP contribution is 2.24. The highest BCUT2D eigenvalue weighted by molar-refractivity contribution is 6.30. The Morgan fingerprint density at radius 2 is 1.83 bits per heavy atom. The Hall–Kier alpha value is -1.61. The van der Waals surface area contributed by atoms with Gasteiger partial charge in [0.2, 0.25) is 0 Å². The number of carbonyl (C=O) groups is 1. The van der Waals surface area contributed by atoms with Crippen molar-refractivity contribution >= 4 is 17.9 Å². The average Bonchev–Trinajstić information content (AvgIpc) is 2.73. The van der Waals surface area contributed by atoms with Crippen molar-refractivity contribution < 1.29 is 4.79 Å². The molecule has 94 valence electrons. The molecule has 3 nitrogen and oxygen atoms in total. The molecule has 1 heterocycles. The van der Waals surface area contributed by atoms with Crippen LogP contribution in [0.4, 0.5) is 0 Å². The highest BCUT2D eigenvalue weighted by Gasteiger charge is 2.22. The number of carbonyl (C=O) groups excluding carboxylic acids is 1. The maximum atomic E-state index is 11.1. The molecule has 0 bridgehead atoms. The van der Waals surface area contributed by atoms with Crippen LogP contribution in [0.2, 0.25) is 5.02 Å². The molecule has 0 N–H and O–H groups in total. The van der Waals surface area contributed by atoms with Crippen molar-refractivity contribution in [3.63, 3.8) is 0 Å². The van der Waals surface area contributed by atoms with Gasteiger partial charge in [-0.1, -0.05) is 32.4 Å². The normalized spacial score (nSPS) is 11.6. The summed E-state index contributed by atoms with van der Waals surface area (Å²) >= 11 is 5.85. The van der Waals surface area contributed by atoms with Gasteiger partial charge in [0.25, 0.3) is 0 Å². The van der Waals surface area contributed by atoms with E-state index in [2.05, 4.69) is 5.10 Å². The minimum Gasteiger partial charge on any atom is -0.298 e. The Morgan fingerprint density at radius 3 is 2.28 bits per heavy atom. The quantitative estimate of drug-likeness (QED) is 0.775. The fourth-order valence-corrected chi connectivity index (χ4v) is 1.91.